The summed E-state index contributed by atoms with van der Waals surface area (Å²) in [6.07, 6.45) is 4.77. The third kappa shape index (κ3) is 2.46. The van der Waals surface area contributed by atoms with Crippen LogP contribution in [0.25, 0.3) is 10.9 Å². The molecule has 1 unspecified atom stereocenters. The minimum Gasteiger partial charge on any atom is -0.482 e. The molecular weight excluding hydrogens is 306 g/mol. The van der Waals surface area contributed by atoms with Crippen LogP contribution >= 0.6 is 0 Å². The molecule has 0 spiro atoms. The van der Waals surface area contributed by atoms with Gasteiger partial charge in [0, 0.05) is 42.3 Å². The molecule has 2 aromatic heterocycles. The number of pyridine rings is 1. The van der Waals surface area contributed by atoms with E-state index in [1.165, 1.54) is 5.56 Å². The molecule has 1 aliphatic rings. The van der Waals surface area contributed by atoms with Gasteiger partial charge >= 0.3 is 5.97 Å². The van der Waals surface area contributed by atoms with E-state index in [1.54, 1.807) is 12.3 Å². The van der Waals surface area contributed by atoms with Crippen LogP contribution in [0.3, 0.4) is 0 Å². The summed E-state index contributed by atoms with van der Waals surface area (Å²) in [6, 6.07) is 9.84. The highest BCUT2D eigenvalue weighted by Gasteiger charge is 2.25. The lowest BCUT2D eigenvalue weighted by molar-refractivity contribution is -0.139. The Labute approximate surface area is 138 Å². The van der Waals surface area contributed by atoms with Crippen molar-refractivity contribution in [1.82, 2.24) is 9.55 Å². The van der Waals surface area contributed by atoms with E-state index in [2.05, 4.69) is 27.1 Å². The van der Waals surface area contributed by atoms with Gasteiger partial charge in [-0.2, -0.15) is 0 Å². The number of aromatic nitrogens is 2. The van der Waals surface area contributed by atoms with Crippen LogP contribution < -0.4 is 10.1 Å². The highest BCUT2D eigenvalue weighted by Crippen LogP contribution is 2.37. The largest absolute Gasteiger partial charge is 0.482 e. The molecule has 1 atom stereocenters. The first-order valence-corrected chi connectivity index (χ1v) is 7.76. The van der Waals surface area contributed by atoms with E-state index >= 15 is 0 Å². The van der Waals surface area contributed by atoms with Gasteiger partial charge in [-0.05, 0) is 29.8 Å². The highest BCUT2D eigenvalue weighted by atomic mass is 16.5. The number of nitrogens with zero attached hydrogens (tertiary/aromatic N) is 2. The number of carboxylic acid groups (broad SMARTS) is 1. The van der Waals surface area contributed by atoms with Gasteiger partial charge in [0.25, 0.3) is 0 Å². The fraction of sp³-hybridized carbons (Fsp3) is 0.222. The van der Waals surface area contributed by atoms with Gasteiger partial charge in [0.1, 0.15) is 11.6 Å². The molecule has 122 valence electrons. The predicted octanol–water partition coefficient (Wildman–Crippen LogP) is 2.75. The monoisotopic (exact) mass is 323 g/mol. The van der Waals surface area contributed by atoms with Crippen LogP contribution in [0.1, 0.15) is 17.2 Å². The Kier molecular flexibility index (Phi) is 3.37. The number of benzene rings is 1. The molecule has 1 aliphatic heterocycles. The van der Waals surface area contributed by atoms with Crippen molar-refractivity contribution in [2.75, 3.05) is 11.9 Å². The molecule has 3 heterocycles. The SMILES string of the molecule is Cn1cc(C2Cc3cccnc3N2)c2cc(OCC(=O)O)ccc21. The Morgan fingerprint density at radius 1 is 1.46 bits per heavy atom. The van der Waals surface area contributed by atoms with Crippen LogP contribution in [-0.4, -0.2) is 27.2 Å². The molecule has 6 nitrogen and oxygen atoms in total. The van der Waals surface area contributed by atoms with Crippen molar-refractivity contribution < 1.29 is 14.6 Å². The summed E-state index contributed by atoms with van der Waals surface area (Å²) < 4.78 is 7.40. The van der Waals surface area contributed by atoms with Crippen LogP contribution in [0.4, 0.5) is 5.82 Å². The maximum atomic E-state index is 10.7. The van der Waals surface area contributed by atoms with Crippen molar-refractivity contribution in [3.05, 3.63) is 53.9 Å². The number of nitrogens with one attached hydrogen (secondary N) is 1. The van der Waals surface area contributed by atoms with Crippen LogP contribution in [0.2, 0.25) is 0 Å². The number of aliphatic carboxylic acids is 1. The van der Waals surface area contributed by atoms with Crippen LogP contribution in [-0.2, 0) is 18.3 Å². The number of aryl methyl sites for hydroxylation is 1. The molecule has 1 aromatic carbocycles. The summed E-state index contributed by atoms with van der Waals surface area (Å²) in [7, 11) is 2.00. The average Bonchev–Trinajstić information content (AvgIpc) is 3.14. The third-order valence-corrected chi connectivity index (χ3v) is 4.36. The molecule has 0 fully saturated rings. The molecule has 0 saturated carbocycles. The number of fused-ring (bicyclic) bond motifs is 2. The van der Waals surface area contributed by atoms with Gasteiger partial charge in [-0.3, -0.25) is 0 Å². The van der Waals surface area contributed by atoms with Crippen molar-refractivity contribution in [3.63, 3.8) is 0 Å². The number of hydrogen-bond donors (Lipinski definition) is 2. The molecular formula is C18H17N3O3. The number of carbonyl (C=O) groups is 1. The Hall–Kier alpha value is -3.02. The van der Waals surface area contributed by atoms with Crippen LogP contribution in [0, 0.1) is 0 Å². The quantitative estimate of drug-likeness (QED) is 0.772. The molecule has 0 bridgehead atoms. The topological polar surface area (TPSA) is 76.4 Å². The molecule has 0 radical (unpaired) electrons. The van der Waals surface area contributed by atoms with E-state index in [4.69, 9.17) is 9.84 Å². The molecule has 4 rings (SSSR count). The summed E-state index contributed by atoms with van der Waals surface area (Å²) in [5, 5.41) is 13.3. The first-order chi connectivity index (χ1) is 11.6. The Bertz CT molecular complexity index is 907. The average molecular weight is 323 g/mol. The fourth-order valence-corrected chi connectivity index (χ4v) is 3.27. The van der Waals surface area contributed by atoms with Gasteiger partial charge in [-0.15, -0.1) is 0 Å². The fourth-order valence-electron chi connectivity index (χ4n) is 3.27. The van der Waals surface area contributed by atoms with Gasteiger partial charge in [0.05, 0.1) is 6.04 Å². The van der Waals surface area contributed by atoms with E-state index in [1.807, 2.05) is 25.2 Å². The van der Waals surface area contributed by atoms with E-state index in [9.17, 15) is 4.79 Å². The maximum absolute atomic E-state index is 10.7. The summed E-state index contributed by atoms with van der Waals surface area (Å²) in [5.41, 5.74) is 3.45. The van der Waals surface area contributed by atoms with Gasteiger partial charge in [-0.1, -0.05) is 6.07 Å². The van der Waals surface area contributed by atoms with E-state index in [0.717, 1.165) is 28.7 Å². The summed E-state index contributed by atoms with van der Waals surface area (Å²) in [5.74, 6) is 0.506. The lowest BCUT2D eigenvalue weighted by Crippen LogP contribution is -2.09. The zero-order chi connectivity index (χ0) is 16.7. The number of rotatable bonds is 4. The van der Waals surface area contributed by atoms with E-state index in [0.29, 0.717) is 5.75 Å². The van der Waals surface area contributed by atoms with Gasteiger partial charge in [0.15, 0.2) is 6.61 Å². The van der Waals surface area contributed by atoms with Crippen LogP contribution in [0.5, 0.6) is 5.75 Å². The van der Waals surface area contributed by atoms with Crippen molar-refractivity contribution >= 4 is 22.7 Å². The smallest absolute Gasteiger partial charge is 0.341 e. The minimum absolute atomic E-state index is 0.147. The zero-order valence-electron chi connectivity index (χ0n) is 13.2. The summed E-state index contributed by atoms with van der Waals surface area (Å²) in [6.45, 7) is -0.343. The minimum atomic E-state index is -0.984. The van der Waals surface area contributed by atoms with E-state index < -0.39 is 5.97 Å². The predicted molar refractivity (Wildman–Crippen MR) is 90.4 cm³/mol. The number of hydrogen-bond acceptors (Lipinski definition) is 4. The first-order valence-electron chi connectivity index (χ1n) is 7.76. The third-order valence-electron chi connectivity index (χ3n) is 4.36. The van der Waals surface area contributed by atoms with Gasteiger partial charge in [0.2, 0.25) is 0 Å². The Balaban J connectivity index is 1.70. The lowest BCUT2D eigenvalue weighted by Gasteiger charge is -2.10. The van der Waals surface area contributed by atoms with Crippen molar-refractivity contribution in [2.24, 2.45) is 7.05 Å². The second kappa shape index (κ2) is 5.56. The second-order valence-corrected chi connectivity index (χ2v) is 5.97. The number of ether oxygens (including phenoxy) is 1. The van der Waals surface area contributed by atoms with E-state index in [-0.39, 0.29) is 12.6 Å². The normalized spacial score (nSPS) is 16.0. The summed E-state index contributed by atoms with van der Waals surface area (Å²) >= 11 is 0. The summed E-state index contributed by atoms with van der Waals surface area (Å²) in [4.78, 5) is 15.1. The molecule has 0 amide bonds. The molecule has 0 saturated heterocycles. The second-order valence-electron chi connectivity index (χ2n) is 5.97. The highest BCUT2D eigenvalue weighted by molar-refractivity contribution is 5.86. The molecule has 24 heavy (non-hydrogen) atoms. The molecule has 6 heteroatoms. The van der Waals surface area contributed by atoms with Crippen LogP contribution in [0.15, 0.2) is 42.7 Å². The maximum Gasteiger partial charge on any atom is 0.341 e. The zero-order valence-corrected chi connectivity index (χ0v) is 13.2. The van der Waals surface area contributed by atoms with Gasteiger partial charge in [-0.25, -0.2) is 9.78 Å². The molecule has 3 aromatic rings. The van der Waals surface area contributed by atoms with Crippen molar-refractivity contribution in [2.45, 2.75) is 12.5 Å². The molecule has 2 N–H and O–H groups in total. The Morgan fingerprint density at radius 2 is 2.33 bits per heavy atom. The van der Waals surface area contributed by atoms with Crippen molar-refractivity contribution in [1.29, 1.82) is 0 Å². The molecule has 0 aliphatic carbocycles. The number of anilines is 1. The standard InChI is InChI=1S/C18H17N3O3/c1-21-9-14(15-7-11-3-2-6-19-18(11)20-15)13-8-12(4-5-16(13)21)24-10-17(22)23/h2-6,8-9,15H,7,10H2,1H3,(H,19,20)(H,22,23). The van der Waals surface area contributed by atoms with Crippen molar-refractivity contribution in [3.8, 4) is 5.75 Å². The first kappa shape index (κ1) is 14.6. The Morgan fingerprint density at radius 3 is 3.12 bits per heavy atom. The van der Waals surface area contributed by atoms with Gasteiger partial charge < -0.3 is 19.7 Å². The lowest BCUT2D eigenvalue weighted by atomic mass is 10.0. The number of carboxylic acids is 1.